The number of nitrogens with zero attached hydrogens (tertiary/aromatic N) is 1. The molecule has 6 nitrogen and oxygen atoms in total. The van der Waals surface area contributed by atoms with Crippen LogP contribution in [0.3, 0.4) is 0 Å². The molecule has 0 saturated heterocycles. The third kappa shape index (κ3) is 4.00. The Balaban J connectivity index is 1.75. The van der Waals surface area contributed by atoms with Crippen molar-refractivity contribution in [2.45, 2.75) is 20.3 Å². The SMILES string of the molecule is CCCNC(=O)c1cccc(NC(=O)c2nc(-c3cccs3)oc2C)c1. The Kier molecular flexibility index (Phi) is 5.48. The third-order valence-corrected chi connectivity index (χ3v) is 4.52. The van der Waals surface area contributed by atoms with Crippen molar-refractivity contribution in [1.82, 2.24) is 10.3 Å². The van der Waals surface area contributed by atoms with Gasteiger partial charge in [-0.25, -0.2) is 4.98 Å². The Morgan fingerprint density at radius 3 is 2.77 bits per heavy atom. The van der Waals surface area contributed by atoms with Crippen LogP contribution in [0.15, 0.2) is 46.2 Å². The van der Waals surface area contributed by atoms with Gasteiger partial charge in [-0.1, -0.05) is 19.1 Å². The van der Waals surface area contributed by atoms with Crippen molar-refractivity contribution >= 4 is 28.8 Å². The van der Waals surface area contributed by atoms with Crippen LogP contribution in [0.1, 0.15) is 40.0 Å². The minimum atomic E-state index is -0.375. The maximum absolute atomic E-state index is 12.5. The van der Waals surface area contributed by atoms with E-state index in [-0.39, 0.29) is 17.5 Å². The fraction of sp³-hybridized carbons (Fsp3) is 0.211. The van der Waals surface area contributed by atoms with Gasteiger partial charge < -0.3 is 15.1 Å². The highest BCUT2D eigenvalue weighted by Crippen LogP contribution is 2.26. The van der Waals surface area contributed by atoms with E-state index in [1.807, 2.05) is 24.4 Å². The molecule has 0 aliphatic rings. The fourth-order valence-corrected chi connectivity index (χ4v) is 3.03. The topological polar surface area (TPSA) is 84.2 Å². The van der Waals surface area contributed by atoms with E-state index in [0.29, 0.717) is 29.4 Å². The molecular formula is C19H19N3O3S. The van der Waals surface area contributed by atoms with Crippen LogP contribution in [0.2, 0.25) is 0 Å². The first kappa shape index (κ1) is 17.9. The first-order chi connectivity index (χ1) is 12.6. The number of benzene rings is 1. The molecule has 134 valence electrons. The number of oxazole rings is 1. The van der Waals surface area contributed by atoms with Crippen molar-refractivity contribution in [3.05, 3.63) is 58.8 Å². The summed E-state index contributed by atoms with van der Waals surface area (Å²) in [7, 11) is 0. The number of rotatable bonds is 6. The molecule has 7 heteroatoms. The molecule has 1 aromatic carbocycles. The summed E-state index contributed by atoms with van der Waals surface area (Å²) in [6.07, 6.45) is 0.861. The number of amides is 2. The van der Waals surface area contributed by atoms with Crippen LogP contribution in [0.4, 0.5) is 5.69 Å². The van der Waals surface area contributed by atoms with E-state index >= 15 is 0 Å². The number of hydrogen-bond donors (Lipinski definition) is 2. The van der Waals surface area contributed by atoms with E-state index in [9.17, 15) is 9.59 Å². The van der Waals surface area contributed by atoms with Crippen LogP contribution >= 0.6 is 11.3 Å². The van der Waals surface area contributed by atoms with Crippen LogP contribution in [0.5, 0.6) is 0 Å². The highest BCUT2D eigenvalue weighted by molar-refractivity contribution is 7.13. The number of aryl methyl sites for hydroxylation is 1. The molecule has 0 aliphatic heterocycles. The number of thiophene rings is 1. The molecule has 0 atom stereocenters. The zero-order valence-electron chi connectivity index (χ0n) is 14.5. The van der Waals surface area contributed by atoms with Gasteiger partial charge in [-0.3, -0.25) is 9.59 Å². The molecule has 0 radical (unpaired) electrons. The van der Waals surface area contributed by atoms with Gasteiger partial charge in [0.1, 0.15) is 5.76 Å². The Labute approximate surface area is 155 Å². The van der Waals surface area contributed by atoms with Crippen molar-refractivity contribution in [2.24, 2.45) is 0 Å². The van der Waals surface area contributed by atoms with E-state index in [0.717, 1.165) is 11.3 Å². The first-order valence-electron chi connectivity index (χ1n) is 8.29. The van der Waals surface area contributed by atoms with Crippen molar-refractivity contribution in [2.75, 3.05) is 11.9 Å². The van der Waals surface area contributed by atoms with E-state index < -0.39 is 0 Å². The number of carbonyl (C=O) groups excluding carboxylic acids is 2. The van der Waals surface area contributed by atoms with Crippen LogP contribution in [0, 0.1) is 6.92 Å². The van der Waals surface area contributed by atoms with Gasteiger partial charge in [0.05, 0.1) is 4.88 Å². The van der Waals surface area contributed by atoms with E-state index in [4.69, 9.17) is 4.42 Å². The molecule has 0 bridgehead atoms. The minimum Gasteiger partial charge on any atom is -0.440 e. The maximum Gasteiger partial charge on any atom is 0.277 e. The average molecular weight is 369 g/mol. The van der Waals surface area contributed by atoms with Gasteiger partial charge >= 0.3 is 0 Å². The number of hydrogen-bond acceptors (Lipinski definition) is 5. The average Bonchev–Trinajstić information content (AvgIpc) is 3.29. The van der Waals surface area contributed by atoms with E-state index in [2.05, 4.69) is 15.6 Å². The van der Waals surface area contributed by atoms with Crippen molar-refractivity contribution in [3.63, 3.8) is 0 Å². The number of nitrogens with one attached hydrogen (secondary N) is 2. The van der Waals surface area contributed by atoms with Crippen LogP contribution in [0.25, 0.3) is 10.8 Å². The van der Waals surface area contributed by atoms with Crippen molar-refractivity contribution < 1.29 is 14.0 Å². The molecule has 0 saturated carbocycles. The second kappa shape index (κ2) is 7.97. The van der Waals surface area contributed by atoms with Gasteiger partial charge in [-0.05, 0) is 43.0 Å². The predicted octanol–water partition coefficient (Wildman–Crippen LogP) is 4.10. The molecule has 3 aromatic rings. The molecule has 0 aliphatic carbocycles. The highest BCUT2D eigenvalue weighted by atomic mass is 32.1. The molecule has 0 fully saturated rings. The lowest BCUT2D eigenvalue weighted by Crippen LogP contribution is -2.24. The standard InChI is InChI=1S/C19H19N3O3S/c1-3-9-20-17(23)13-6-4-7-14(11-13)21-18(24)16-12(2)25-19(22-16)15-8-5-10-26-15/h4-8,10-11H,3,9H2,1-2H3,(H,20,23)(H,21,24). The van der Waals surface area contributed by atoms with Gasteiger partial charge in [0.25, 0.3) is 11.8 Å². The maximum atomic E-state index is 12.5. The smallest absolute Gasteiger partial charge is 0.277 e. The number of anilines is 1. The lowest BCUT2D eigenvalue weighted by Gasteiger charge is -2.07. The predicted molar refractivity (Wildman–Crippen MR) is 102 cm³/mol. The molecule has 2 N–H and O–H groups in total. The molecule has 2 amide bonds. The Morgan fingerprint density at radius 1 is 1.19 bits per heavy atom. The summed E-state index contributed by atoms with van der Waals surface area (Å²) in [5.74, 6) is 0.332. The van der Waals surface area contributed by atoms with Crippen LogP contribution < -0.4 is 10.6 Å². The first-order valence-corrected chi connectivity index (χ1v) is 9.17. The van der Waals surface area contributed by atoms with E-state index in [1.165, 1.54) is 11.3 Å². The van der Waals surface area contributed by atoms with Gasteiger partial charge in [-0.15, -0.1) is 11.3 Å². The Morgan fingerprint density at radius 2 is 2.04 bits per heavy atom. The summed E-state index contributed by atoms with van der Waals surface area (Å²) < 4.78 is 5.60. The Hall–Kier alpha value is -2.93. The lowest BCUT2D eigenvalue weighted by atomic mass is 10.2. The molecule has 2 aromatic heterocycles. The largest absolute Gasteiger partial charge is 0.440 e. The number of aromatic nitrogens is 1. The summed E-state index contributed by atoms with van der Waals surface area (Å²) >= 11 is 1.49. The summed E-state index contributed by atoms with van der Waals surface area (Å²) in [5, 5.41) is 7.50. The summed E-state index contributed by atoms with van der Waals surface area (Å²) in [6.45, 7) is 4.30. The normalized spacial score (nSPS) is 10.5. The zero-order valence-corrected chi connectivity index (χ0v) is 15.4. The zero-order chi connectivity index (χ0) is 18.5. The second-order valence-electron chi connectivity index (χ2n) is 5.69. The quantitative estimate of drug-likeness (QED) is 0.685. The molecule has 0 spiro atoms. The molecule has 0 unspecified atom stereocenters. The fourth-order valence-electron chi connectivity index (χ4n) is 2.38. The van der Waals surface area contributed by atoms with Crippen molar-refractivity contribution in [1.29, 1.82) is 0 Å². The summed E-state index contributed by atoms with van der Waals surface area (Å²) in [5.41, 5.74) is 1.25. The third-order valence-electron chi connectivity index (χ3n) is 3.66. The molecular weight excluding hydrogens is 350 g/mol. The minimum absolute atomic E-state index is 0.166. The second-order valence-corrected chi connectivity index (χ2v) is 6.64. The molecule has 26 heavy (non-hydrogen) atoms. The lowest BCUT2D eigenvalue weighted by molar-refractivity contribution is 0.0952. The van der Waals surface area contributed by atoms with E-state index in [1.54, 1.807) is 31.2 Å². The monoisotopic (exact) mass is 369 g/mol. The van der Waals surface area contributed by atoms with Crippen LogP contribution in [-0.2, 0) is 0 Å². The van der Waals surface area contributed by atoms with Gasteiger partial charge in [-0.2, -0.15) is 0 Å². The van der Waals surface area contributed by atoms with Gasteiger partial charge in [0.2, 0.25) is 5.89 Å². The van der Waals surface area contributed by atoms with Gasteiger partial charge in [0, 0.05) is 17.8 Å². The van der Waals surface area contributed by atoms with Crippen LogP contribution in [-0.4, -0.2) is 23.3 Å². The summed E-state index contributed by atoms with van der Waals surface area (Å²) in [6, 6.07) is 10.6. The molecule has 3 rings (SSSR count). The van der Waals surface area contributed by atoms with Crippen molar-refractivity contribution in [3.8, 4) is 10.8 Å². The molecule has 2 heterocycles. The Bertz CT molecular complexity index is 916. The summed E-state index contributed by atoms with van der Waals surface area (Å²) in [4.78, 5) is 29.8. The highest BCUT2D eigenvalue weighted by Gasteiger charge is 2.19. The van der Waals surface area contributed by atoms with Gasteiger partial charge in [0.15, 0.2) is 5.69 Å². The number of carbonyl (C=O) groups is 2.